The number of hydrogen-bond acceptors (Lipinski definition) is 4. The number of nitrogens with zero attached hydrogens (tertiary/aromatic N) is 2. The monoisotopic (exact) mass is 337 g/mol. The molecule has 1 aliphatic rings. The number of methoxy groups -OCH3 is 2. The van der Waals surface area contributed by atoms with E-state index in [0.717, 1.165) is 47.1 Å². The maximum absolute atomic E-state index is 5.48. The first-order valence-corrected chi connectivity index (χ1v) is 7.22. The van der Waals surface area contributed by atoms with Gasteiger partial charge in [0, 0.05) is 25.7 Å². The number of nitrogens with one attached hydrogen (secondary N) is 1. The maximum Gasteiger partial charge on any atom is 0.145 e. The molecule has 2 aromatic rings. The van der Waals surface area contributed by atoms with E-state index in [-0.39, 0.29) is 0 Å². The summed E-state index contributed by atoms with van der Waals surface area (Å²) in [6.07, 6.45) is 0. The average molecular weight is 338 g/mol. The molecule has 0 atom stereocenters. The van der Waals surface area contributed by atoms with Crippen molar-refractivity contribution in [3.63, 3.8) is 0 Å². The fourth-order valence-electron chi connectivity index (χ4n) is 2.45. The van der Waals surface area contributed by atoms with Crippen LogP contribution in [0.15, 0.2) is 22.8 Å². The zero-order valence-corrected chi connectivity index (χ0v) is 13.0. The molecule has 20 heavy (non-hydrogen) atoms. The highest BCUT2D eigenvalue weighted by atomic mass is 79.9. The van der Waals surface area contributed by atoms with Gasteiger partial charge >= 0.3 is 0 Å². The van der Waals surface area contributed by atoms with Crippen LogP contribution in [0, 0.1) is 0 Å². The van der Waals surface area contributed by atoms with E-state index in [1.807, 2.05) is 18.2 Å². The number of benzene rings is 1. The van der Waals surface area contributed by atoms with Gasteiger partial charge in [-0.1, -0.05) is 0 Å². The van der Waals surface area contributed by atoms with Gasteiger partial charge in [-0.3, -0.25) is 0 Å². The lowest BCUT2D eigenvalue weighted by atomic mass is 10.1. The highest BCUT2D eigenvalue weighted by Gasteiger charge is 2.21. The van der Waals surface area contributed by atoms with Crippen LogP contribution in [-0.4, -0.2) is 30.3 Å². The molecule has 106 valence electrons. The number of fused-ring (bicyclic) bond motifs is 1. The summed E-state index contributed by atoms with van der Waals surface area (Å²) >= 11 is 3.54. The molecule has 0 fully saturated rings. The first-order chi connectivity index (χ1) is 9.74. The van der Waals surface area contributed by atoms with Gasteiger partial charge in [0.2, 0.25) is 0 Å². The SMILES string of the molecule is COc1ccc(-c2nc(Br)c3n2CCNC3)c(OC)c1. The molecule has 1 N–H and O–H groups in total. The third-order valence-corrected chi connectivity index (χ3v) is 4.11. The Morgan fingerprint density at radius 3 is 2.90 bits per heavy atom. The molecule has 5 nitrogen and oxygen atoms in total. The summed E-state index contributed by atoms with van der Waals surface area (Å²) in [7, 11) is 3.31. The maximum atomic E-state index is 5.48. The van der Waals surface area contributed by atoms with Crippen molar-refractivity contribution in [3.05, 3.63) is 28.5 Å². The number of aromatic nitrogens is 2. The van der Waals surface area contributed by atoms with E-state index in [9.17, 15) is 0 Å². The largest absolute Gasteiger partial charge is 0.497 e. The number of halogens is 1. The summed E-state index contributed by atoms with van der Waals surface area (Å²) in [6, 6.07) is 5.79. The molecule has 0 saturated heterocycles. The molecular formula is C14H16BrN3O2. The number of ether oxygens (including phenoxy) is 2. The molecular weight excluding hydrogens is 322 g/mol. The quantitative estimate of drug-likeness (QED) is 0.934. The van der Waals surface area contributed by atoms with Crippen molar-refractivity contribution in [3.8, 4) is 22.9 Å². The van der Waals surface area contributed by atoms with Crippen LogP contribution in [0.5, 0.6) is 11.5 Å². The van der Waals surface area contributed by atoms with Gasteiger partial charge in [-0.25, -0.2) is 4.98 Å². The average Bonchev–Trinajstić information content (AvgIpc) is 2.84. The molecule has 0 spiro atoms. The fraction of sp³-hybridized carbons (Fsp3) is 0.357. The molecule has 0 amide bonds. The van der Waals surface area contributed by atoms with E-state index in [4.69, 9.17) is 9.47 Å². The van der Waals surface area contributed by atoms with E-state index >= 15 is 0 Å². The van der Waals surface area contributed by atoms with E-state index in [2.05, 4.69) is 30.8 Å². The van der Waals surface area contributed by atoms with Crippen LogP contribution in [0.2, 0.25) is 0 Å². The lowest BCUT2D eigenvalue weighted by Gasteiger charge is -2.19. The topological polar surface area (TPSA) is 48.3 Å². The highest BCUT2D eigenvalue weighted by Crippen LogP contribution is 2.35. The van der Waals surface area contributed by atoms with Gasteiger partial charge in [0.05, 0.1) is 25.5 Å². The lowest BCUT2D eigenvalue weighted by Crippen LogP contribution is -2.28. The standard InChI is InChI=1S/C14H16BrN3O2/c1-19-9-3-4-10(12(7-9)20-2)14-17-13(15)11-8-16-5-6-18(11)14/h3-4,7,16H,5-6,8H2,1-2H3. The molecule has 1 aromatic heterocycles. The van der Waals surface area contributed by atoms with Crippen LogP contribution >= 0.6 is 15.9 Å². The van der Waals surface area contributed by atoms with E-state index in [1.165, 1.54) is 5.69 Å². The number of hydrogen-bond donors (Lipinski definition) is 1. The first-order valence-electron chi connectivity index (χ1n) is 6.42. The second-order valence-corrected chi connectivity index (χ2v) is 5.32. The van der Waals surface area contributed by atoms with Gasteiger partial charge in [-0.05, 0) is 28.1 Å². The van der Waals surface area contributed by atoms with Crippen LogP contribution in [0.3, 0.4) is 0 Å². The Hall–Kier alpha value is -1.53. The van der Waals surface area contributed by atoms with Crippen molar-refractivity contribution >= 4 is 15.9 Å². The van der Waals surface area contributed by atoms with Gasteiger partial charge in [-0.2, -0.15) is 0 Å². The number of rotatable bonds is 3. The highest BCUT2D eigenvalue weighted by molar-refractivity contribution is 9.10. The Morgan fingerprint density at radius 2 is 2.15 bits per heavy atom. The molecule has 0 radical (unpaired) electrons. The van der Waals surface area contributed by atoms with Gasteiger partial charge in [-0.15, -0.1) is 0 Å². The van der Waals surface area contributed by atoms with Crippen LogP contribution < -0.4 is 14.8 Å². The predicted octanol–water partition coefficient (Wildman–Crippen LogP) is 2.43. The predicted molar refractivity (Wildman–Crippen MR) is 80.2 cm³/mol. The third-order valence-electron chi connectivity index (χ3n) is 3.48. The molecule has 1 aliphatic heterocycles. The Bertz CT molecular complexity index is 640. The van der Waals surface area contributed by atoms with Crippen molar-refractivity contribution in [1.82, 2.24) is 14.9 Å². The minimum absolute atomic E-state index is 0.767. The lowest BCUT2D eigenvalue weighted by molar-refractivity contribution is 0.395. The summed E-state index contributed by atoms with van der Waals surface area (Å²) in [6.45, 7) is 2.67. The Morgan fingerprint density at radius 1 is 1.30 bits per heavy atom. The van der Waals surface area contributed by atoms with E-state index in [1.54, 1.807) is 14.2 Å². The van der Waals surface area contributed by atoms with E-state index < -0.39 is 0 Å². The summed E-state index contributed by atoms with van der Waals surface area (Å²) in [4.78, 5) is 4.65. The van der Waals surface area contributed by atoms with Crippen LogP contribution in [0.1, 0.15) is 5.69 Å². The minimum Gasteiger partial charge on any atom is -0.497 e. The molecule has 3 rings (SSSR count). The fourth-order valence-corrected chi connectivity index (χ4v) is 2.97. The first kappa shape index (κ1) is 13.5. The van der Waals surface area contributed by atoms with Gasteiger partial charge < -0.3 is 19.4 Å². The van der Waals surface area contributed by atoms with Crippen LogP contribution in [0.4, 0.5) is 0 Å². The molecule has 6 heteroatoms. The third kappa shape index (κ3) is 2.19. The van der Waals surface area contributed by atoms with Crippen molar-refractivity contribution in [1.29, 1.82) is 0 Å². The molecule has 0 unspecified atom stereocenters. The summed E-state index contributed by atoms with van der Waals surface area (Å²) in [5.74, 6) is 2.47. The van der Waals surface area contributed by atoms with Crippen molar-refractivity contribution in [2.45, 2.75) is 13.1 Å². The Kier molecular flexibility index (Phi) is 3.67. The molecule has 0 saturated carbocycles. The molecule has 0 aliphatic carbocycles. The van der Waals surface area contributed by atoms with Gasteiger partial charge in [0.25, 0.3) is 0 Å². The molecule has 2 heterocycles. The summed E-state index contributed by atoms with van der Waals surface area (Å²) in [5, 5.41) is 3.35. The normalized spacial score (nSPS) is 13.9. The smallest absolute Gasteiger partial charge is 0.145 e. The van der Waals surface area contributed by atoms with Gasteiger partial charge in [0.1, 0.15) is 21.9 Å². The van der Waals surface area contributed by atoms with Crippen LogP contribution in [-0.2, 0) is 13.1 Å². The van der Waals surface area contributed by atoms with Crippen molar-refractivity contribution in [2.75, 3.05) is 20.8 Å². The zero-order chi connectivity index (χ0) is 14.1. The molecule has 0 bridgehead atoms. The Labute approximate surface area is 126 Å². The second kappa shape index (κ2) is 5.46. The second-order valence-electron chi connectivity index (χ2n) is 4.57. The summed E-state index contributed by atoms with van der Waals surface area (Å²) < 4.78 is 13.8. The molecule has 1 aromatic carbocycles. The summed E-state index contributed by atoms with van der Waals surface area (Å²) in [5.41, 5.74) is 2.14. The van der Waals surface area contributed by atoms with Crippen LogP contribution in [0.25, 0.3) is 11.4 Å². The van der Waals surface area contributed by atoms with Crippen molar-refractivity contribution < 1.29 is 9.47 Å². The van der Waals surface area contributed by atoms with Gasteiger partial charge in [0.15, 0.2) is 0 Å². The minimum atomic E-state index is 0.767. The van der Waals surface area contributed by atoms with Crippen molar-refractivity contribution in [2.24, 2.45) is 0 Å². The number of imidazole rings is 1. The Balaban J connectivity index is 2.13. The zero-order valence-electron chi connectivity index (χ0n) is 11.4. The van der Waals surface area contributed by atoms with E-state index in [0.29, 0.717) is 0 Å².